The molecule has 0 atom stereocenters. The third kappa shape index (κ3) is 5.47. The predicted molar refractivity (Wildman–Crippen MR) is 94.1 cm³/mol. The summed E-state index contributed by atoms with van der Waals surface area (Å²) in [6, 6.07) is 15.1. The van der Waals surface area contributed by atoms with E-state index < -0.39 is 0 Å². The van der Waals surface area contributed by atoms with E-state index in [2.05, 4.69) is 0 Å². The van der Waals surface area contributed by atoms with Crippen molar-refractivity contribution < 1.29 is 19.0 Å². The summed E-state index contributed by atoms with van der Waals surface area (Å²) in [6.07, 6.45) is 3.11. The van der Waals surface area contributed by atoms with Gasteiger partial charge in [-0.3, -0.25) is 0 Å². The maximum Gasteiger partial charge on any atom is 0.331 e. The summed E-state index contributed by atoms with van der Waals surface area (Å²) in [7, 11) is 0. The smallest absolute Gasteiger partial charge is 0.331 e. The van der Waals surface area contributed by atoms with Crippen molar-refractivity contribution in [2.75, 3.05) is 13.2 Å². The number of ether oxygens (including phenoxy) is 3. The molecule has 24 heavy (non-hydrogen) atoms. The number of benzene rings is 2. The van der Waals surface area contributed by atoms with Crippen LogP contribution in [0.15, 0.2) is 54.6 Å². The normalized spacial score (nSPS) is 10.6. The van der Waals surface area contributed by atoms with Crippen LogP contribution in [0.3, 0.4) is 0 Å². The van der Waals surface area contributed by atoms with Crippen molar-refractivity contribution in [3.63, 3.8) is 0 Å². The average molecular weight is 326 g/mol. The van der Waals surface area contributed by atoms with E-state index in [1.165, 1.54) is 6.08 Å². The molecule has 0 amide bonds. The molecule has 2 aromatic rings. The lowest BCUT2D eigenvalue weighted by atomic mass is 10.2. The first-order chi connectivity index (χ1) is 11.7. The summed E-state index contributed by atoms with van der Waals surface area (Å²) < 4.78 is 16.3. The summed E-state index contributed by atoms with van der Waals surface area (Å²) in [5.74, 6) is 0.980. The van der Waals surface area contributed by atoms with Gasteiger partial charge in [-0.25, -0.2) is 4.79 Å². The molecule has 0 N–H and O–H groups in total. The lowest BCUT2D eigenvalue weighted by Crippen LogP contribution is -2.00. The van der Waals surface area contributed by atoms with Crippen molar-refractivity contribution in [2.24, 2.45) is 0 Å². The molecular weight excluding hydrogens is 304 g/mol. The van der Waals surface area contributed by atoms with E-state index in [-0.39, 0.29) is 12.6 Å². The molecule has 0 aliphatic carbocycles. The number of carbonyl (C=O) groups is 1. The number of esters is 1. The molecule has 2 aromatic carbocycles. The average Bonchev–Trinajstić information content (AvgIpc) is 2.61. The van der Waals surface area contributed by atoms with Crippen molar-refractivity contribution in [2.45, 2.75) is 20.5 Å². The fraction of sp³-hybridized carbons (Fsp3) is 0.250. The first-order valence-corrected chi connectivity index (χ1v) is 8.01. The molecule has 0 saturated heterocycles. The highest BCUT2D eigenvalue weighted by Crippen LogP contribution is 2.29. The second-order valence-corrected chi connectivity index (χ2v) is 5.00. The monoisotopic (exact) mass is 326 g/mol. The van der Waals surface area contributed by atoms with Gasteiger partial charge in [-0.1, -0.05) is 36.4 Å². The van der Waals surface area contributed by atoms with Gasteiger partial charge < -0.3 is 14.2 Å². The van der Waals surface area contributed by atoms with Crippen molar-refractivity contribution in [1.29, 1.82) is 0 Å². The molecule has 0 fully saturated rings. The molecule has 0 aromatic heterocycles. The quantitative estimate of drug-likeness (QED) is 0.537. The van der Waals surface area contributed by atoms with Gasteiger partial charge in [0.25, 0.3) is 0 Å². The van der Waals surface area contributed by atoms with Crippen LogP contribution in [0.1, 0.15) is 25.0 Å². The summed E-state index contributed by atoms with van der Waals surface area (Å²) in [5, 5.41) is 0. The molecule has 126 valence electrons. The minimum atomic E-state index is -0.384. The molecule has 0 aliphatic heterocycles. The largest absolute Gasteiger partial charge is 0.490 e. The van der Waals surface area contributed by atoms with Gasteiger partial charge >= 0.3 is 5.97 Å². The number of rotatable bonds is 8. The van der Waals surface area contributed by atoms with Crippen LogP contribution in [0, 0.1) is 0 Å². The number of hydrogen-bond acceptors (Lipinski definition) is 4. The first-order valence-electron chi connectivity index (χ1n) is 8.01. The Labute approximate surface area is 142 Å². The Bertz CT molecular complexity index is 677. The Kier molecular flexibility index (Phi) is 6.90. The standard InChI is InChI=1S/C20H22O4/c1-3-22-18-12-10-16(14-19(18)23-4-2)11-13-20(21)24-15-17-8-6-5-7-9-17/h5-14H,3-4,15H2,1-2H3. The maximum absolute atomic E-state index is 11.8. The second kappa shape index (κ2) is 9.40. The van der Waals surface area contributed by atoms with Gasteiger partial charge in [-0.2, -0.15) is 0 Å². The highest BCUT2D eigenvalue weighted by atomic mass is 16.5. The van der Waals surface area contributed by atoms with Gasteiger partial charge in [0.05, 0.1) is 13.2 Å². The van der Waals surface area contributed by atoms with Crippen LogP contribution >= 0.6 is 0 Å². The van der Waals surface area contributed by atoms with E-state index in [9.17, 15) is 4.79 Å². The zero-order chi connectivity index (χ0) is 17.2. The SMILES string of the molecule is CCOc1ccc(C=CC(=O)OCc2ccccc2)cc1OCC. The minimum absolute atomic E-state index is 0.261. The van der Waals surface area contributed by atoms with Crippen molar-refractivity contribution in [1.82, 2.24) is 0 Å². The van der Waals surface area contributed by atoms with Crippen LogP contribution in [0.2, 0.25) is 0 Å². The fourth-order valence-corrected chi connectivity index (χ4v) is 2.11. The first kappa shape index (κ1) is 17.6. The van der Waals surface area contributed by atoms with E-state index in [0.717, 1.165) is 11.1 Å². The van der Waals surface area contributed by atoms with Crippen LogP contribution in [0.4, 0.5) is 0 Å². The molecule has 0 spiro atoms. The van der Waals surface area contributed by atoms with Gasteiger partial charge in [0.2, 0.25) is 0 Å². The Morgan fingerprint density at radius 2 is 1.67 bits per heavy atom. The molecule has 0 aliphatic rings. The molecule has 2 rings (SSSR count). The van der Waals surface area contributed by atoms with Crippen LogP contribution in [-0.4, -0.2) is 19.2 Å². The van der Waals surface area contributed by atoms with Gasteiger partial charge in [-0.15, -0.1) is 0 Å². The lowest BCUT2D eigenvalue weighted by molar-refractivity contribution is -0.138. The van der Waals surface area contributed by atoms with E-state index in [4.69, 9.17) is 14.2 Å². The molecule has 0 bridgehead atoms. The topological polar surface area (TPSA) is 44.8 Å². The van der Waals surface area contributed by atoms with Crippen molar-refractivity contribution in [3.8, 4) is 11.5 Å². The molecule has 0 radical (unpaired) electrons. The van der Waals surface area contributed by atoms with E-state index in [1.807, 2.05) is 62.4 Å². The zero-order valence-corrected chi connectivity index (χ0v) is 14.0. The second-order valence-electron chi connectivity index (χ2n) is 5.00. The summed E-state index contributed by atoms with van der Waals surface area (Å²) >= 11 is 0. The highest BCUT2D eigenvalue weighted by molar-refractivity contribution is 5.87. The van der Waals surface area contributed by atoms with Gasteiger partial charge in [0.1, 0.15) is 6.61 Å². The Hall–Kier alpha value is -2.75. The Balaban J connectivity index is 1.97. The number of carbonyl (C=O) groups excluding carboxylic acids is 1. The van der Waals surface area contributed by atoms with Crippen LogP contribution in [0.25, 0.3) is 6.08 Å². The molecule has 0 unspecified atom stereocenters. The van der Waals surface area contributed by atoms with Gasteiger partial charge in [0, 0.05) is 6.08 Å². The van der Waals surface area contributed by atoms with Crippen LogP contribution in [-0.2, 0) is 16.1 Å². The van der Waals surface area contributed by atoms with E-state index >= 15 is 0 Å². The Morgan fingerprint density at radius 3 is 2.38 bits per heavy atom. The van der Waals surface area contributed by atoms with E-state index in [0.29, 0.717) is 24.7 Å². The zero-order valence-electron chi connectivity index (χ0n) is 14.0. The fourth-order valence-electron chi connectivity index (χ4n) is 2.11. The summed E-state index contributed by atoms with van der Waals surface area (Å²) in [4.78, 5) is 11.8. The van der Waals surface area contributed by atoms with Crippen LogP contribution in [0.5, 0.6) is 11.5 Å². The summed E-state index contributed by atoms with van der Waals surface area (Å²) in [5.41, 5.74) is 1.80. The molecule has 4 nitrogen and oxygen atoms in total. The molecule has 4 heteroatoms. The maximum atomic E-state index is 11.8. The van der Waals surface area contributed by atoms with Crippen molar-refractivity contribution in [3.05, 3.63) is 65.7 Å². The third-order valence-electron chi connectivity index (χ3n) is 3.20. The van der Waals surface area contributed by atoms with Gasteiger partial charge in [0.15, 0.2) is 11.5 Å². The van der Waals surface area contributed by atoms with Gasteiger partial charge in [-0.05, 0) is 43.2 Å². The molecule has 0 heterocycles. The number of hydrogen-bond donors (Lipinski definition) is 0. The predicted octanol–water partition coefficient (Wildman–Crippen LogP) is 4.24. The van der Waals surface area contributed by atoms with Crippen molar-refractivity contribution >= 4 is 12.0 Å². The molecular formula is C20H22O4. The van der Waals surface area contributed by atoms with Crippen LogP contribution < -0.4 is 9.47 Å². The lowest BCUT2D eigenvalue weighted by Gasteiger charge is -2.11. The minimum Gasteiger partial charge on any atom is -0.490 e. The van der Waals surface area contributed by atoms with E-state index in [1.54, 1.807) is 6.08 Å². The third-order valence-corrected chi connectivity index (χ3v) is 3.20. The highest BCUT2D eigenvalue weighted by Gasteiger charge is 2.05. The summed E-state index contributed by atoms with van der Waals surface area (Å²) in [6.45, 7) is 5.22. The molecule has 0 saturated carbocycles. The Morgan fingerprint density at radius 1 is 0.958 bits per heavy atom.